The van der Waals surface area contributed by atoms with Crippen LogP contribution < -0.4 is 0 Å². The van der Waals surface area contributed by atoms with E-state index in [1.165, 1.54) is 0 Å². The molecule has 3 N–H and O–H groups in total. The van der Waals surface area contributed by atoms with Crippen molar-refractivity contribution in [1.82, 2.24) is 0 Å². The topological polar surface area (TPSA) is 112 Å². The third-order valence-corrected chi connectivity index (χ3v) is 0.877. The van der Waals surface area contributed by atoms with Gasteiger partial charge in [0.05, 0.1) is 0 Å². The van der Waals surface area contributed by atoms with Crippen LogP contribution in [0.5, 0.6) is 0 Å². The molecule has 0 aromatic carbocycles. The molecular formula is CH3F3O6PS+. The zero-order chi connectivity index (χ0) is 10.6. The number of alkyl halides is 3. The molecule has 0 amide bonds. The van der Waals surface area contributed by atoms with Crippen molar-refractivity contribution in [3.8, 4) is 0 Å². The second-order valence-electron chi connectivity index (χ2n) is 1.17. The Morgan fingerprint density at radius 1 is 1.17 bits per heavy atom. The summed E-state index contributed by atoms with van der Waals surface area (Å²) in [7, 11) is -8.71. The molecule has 0 spiro atoms. The normalized spacial score (nSPS) is 11.5. The van der Waals surface area contributed by atoms with Crippen LogP contribution in [0.3, 0.4) is 0 Å². The van der Waals surface area contributed by atoms with Crippen LogP contribution in [-0.4, -0.2) is 28.3 Å². The average Bonchev–Trinajstić information content (AvgIpc) is 1.55. The van der Waals surface area contributed by atoms with E-state index in [1.54, 1.807) is 0 Å². The summed E-state index contributed by atoms with van der Waals surface area (Å²) < 4.78 is 66.2. The Morgan fingerprint density at radius 3 is 1.25 bits per heavy atom. The SMILES string of the molecule is O=S(=O)(O)C(F)(F)F.O=[P+](O)O. The van der Waals surface area contributed by atoms with Gasteiger partial charge >= 0.3 is 23.9 Å². The predicted octanol–water partition coefficient (Wildman–Crippen LogP) is 0.0224. The van der Waals surface area contributed by atoms with Gasteiger partial charge in [-0.1, -0.05) is 0 Å². The van der Waals surface area contributed by atoms with Gasteiger partial charge in [-0.3, -0.25) is 4.55 Å². The fourth-order valence-corrected chi connectivity index (χ4v) is 0. The van der Waals surface area contributed by atoms with Gasteiger partial charge in [0.2, 0.25) is 0 Å². The highest BCUT2D eigenvalue weighted by atomic mass is 32.2. The third kappa shape index (κ3) is 9.72. The van der Waals surface area contributed by atoms with Crippen LogP contribution in [0, 0.1) is 0 Å². The van der Waals surface area contributed by atoms with Gasteiger partial charge in [0.15, 0.2) is 0 Å². The molecule has 0 fully saturated rings. The van der Waals surface area contributed by atoms with E-state index in [-0.39, 0.29) is 0 Å². The molecule has 0 saturated carbocycles. The standard InChI is InChI=1S/CHF3O3S.HO3P/c2-1(3,4)8(5,6)7;1-4(2)3/h(H,5,6,7);(H-,1,2,3)/p+1. The molecule has 0 heterocycles. The van der Waals surface area contributed by atoms with Crippen LogP contribution in [0.15, 0.2) is 0 Å². The van der Waals surface area contributed by atoms with Crippen molar-refractivity contribution in [2.24, 2.45) is 0 Å². The van der Waals surface area contributed by atoms with Gasteiger partial charge in [0, 0.05) is 4.57 Å². The monoisotopic (exact) mass is 231 g/mol. The van der Waals surface area contributed by atoms with Crippen molar-refractivity contribution in [2.75, 3.05) is 0 Å². The average molecular weight is 231 g/mol. The molecule has 0 bridgehead atoms. The lowest BCUT2D eigenvalue weighted by atomic mass is 11.6. The quantitative estimate of drug-likeness (QED) is 0.308. The lowest BCUT2D eigenvalue weighted by Crippen LogP contribution is -2.21. The van der Waals surface area contributed by atoms with Crippen LogP contribution in [0.2, 0.25) is 0 Å². The molecular weight excluding hydrogens is 228 g/mol. The number of hydrogen-bond donors (Lipinski definition) is 3. The van der Waals surface area contributed by atoms with Gasteiger partial charge in [-0.25, -0.2) is 0 Å². The first-order valence-electron chi connectivity index (χ1n) is 1.87. The van der Waals surface area contributed by atoms with Crippen LogP contribution in [0.25, 0.3) is 0 Å². The lowest BCUT2D eigenvalue weighted by Gasteiger charge is -1.97. The Bertz CT molecular complexity index is 236. The van der Waals surface area contributed by atoms with E-state index in [4.69, 9.17) is 27.3 Å². The van der Waals surface area contributed by atoms with E-state index in [1.807, 2.05) is 0 Å². The highest BCUT2D eigenvalue weighted by molar-refractivity contribution is 7.86. The van der Waals surface area contributed by atoms with Gasteiger partial charge < -0.3 is 0 Å². The van der Waals surface area contributed by atoms with Gasteiger partial charge in [0.1, 0.15) is 0 Å². The zero-order valence-corrected chi connectivity index (χ0v) is 6.77. The van der Waals surface area contributed by atoms with Gasteiger partial charge in [-0.15, -0.1) is 9.79 Å². The van der Waals surface area contributed by atoms with E-state index in [0.29, 0.717) is 0 Å². The maximum absolute atomic E-state index is 10.7. The first kappa shape index (κ1) is 14.3. The van der Waals surface area contributed by atoms with Crippen LogP contribution >= 0.6 is 8.25 Å². The van der Waals surface area contributed by atoms with Crippen molar-refractivity contribution in [3.05, 3.63) is 0 Å². The number of halogens is 3. The van der Waals surface area contributed by atoms with Crippen molar-refractivity contribution < 1.29 is 40.5 Å². The van der Waals surface area contributed by atoms with Crippen LogP contribution in [0.4, 0.5) is 13.2 Å². The Balaban J connectivity index is 0. The van der Waals surface area contributed by atoms with E-state index >= 15 is 0 Å². The number of hydrogen-bond acceptors (Lipinski definition) is 3. The molecule has 0 atom stereocenters. The highest BCUT2D eigenvalue weighted by Crippen LogP contribution is 2.20. The van der Waals surface area contributed by atoms with Crippen LogP contribution in [0.1, 0.15) is 0 Å². The number of rotatable bonds is 0. The first-order chi connectivity index (χ1) is 4.98. The van der Waals surface area contributed by atoms with Crippen molar-refractivity contribution in [2.45, 2.75) is 5.51 Å². The van der Waals surface area contributed by atoms with Crippen molar-refractivity contribution in [3.63, 3.8) is 0 Å². The van der Waals surface area contributed by atoms with E-state index < -0.39 is 23.9 Å². The predicted molar refractivity (Wildman–Crippen MR) is 29.6 cm³/mol. The molecule has 0 radical (unpaired) electrons. The summed E-state index contributed by atoms with van der Waals surface area (Å²) in [6.07, 6.45) is 0. The molecule has 11 heteroatoms. The minimum Gasteiger partial charge on any atom is -0.279 e. The highest BCUT2D eigenvalue weighted by Gasteiger charge is 2.44. The minimum atomic E-state index is -5.84. The van der Waals surface area contributed by atoms with Crippen LogP contribution in [-0.2, 0) is 14.7 Å². The maximum Gasteiger partial charge on any atom is 0.692 e. The summed E-state index contributed by atoms with van der Waals surface area (Å²) in [5.74, 6) is 0. The van der Waals surface area contributed by atoms with E-state index in [0.717, 1.165) is 0 Å². The minimum absolute atomic E-state index is 2.87. The Labute approximate surface area is 65.3 Å². The Hall–Kier alpha value is -0.280. The van der Waals surface area contributed by atoms with Gasteiger partial charge in [-0.05, 0) is 0 Å². The Morgan fingerprint density at radius 2 is 1.25 bits per heavy atom. The lowest BCUT2D eigenvalue weighted by molar-refractivity contribution is -0.0510. The molecule has 0 aromatic rings. The maximum atomic E-state index is 10.7. The fraction of sp³-hybridized carbons (Fsp3) is 1.00. The third-order valence-electron chi connectivity index (χ3n) is 0.292. The first-order valence-corrected chi connectivity index (χ1v) is 4.47. The molecule has 0 saturated heterocycles. The summed E-state index contributed by atoms with van der Waals surface area (Å²) in [5.41, 5.74) is -5.53. The Kier molecular flexibility index (Phi) is 5.55. The summed E-state index contributed by atoms with van der Waals surface area (Å²) in [6.45, 7) is 0. The largest absolute Gasteiger partial charge is 0.692 e. The fourth-order valence-electron chi connectivity index (χ4n) is 0. The van der Waals surface area contributed by atoms with E-state index in [2.05, 4.69) is 0 Å². The molecule has 0 rings (SSSR count). The molecule has 12 heavy (non-hydrogen) atoms. The summed E-state index contributed by atoms with van der Waals surface area (Å²) in [6, 6.07) is 0. The van der Waals surface area contributed by atoms with Gasteiger partial charge in [-0.2, -0.15) is 21.6 Å². The molecule has 74 valence electrons. The molecule has 0 unspecified atom stereocenters. The smallest absolute Gasteiger partial charge is 0.279 e. The summed E-state index contributed by atoms with van der Waals surface area (Å²) in [4.78, 5) is 14.2. The second kappa shape index (κ2) is 4.67. The van der Waals surface area contributed by atoms with E-state index in [9.17, 15) is 13.2 Å². The molecule has 6 nitrogen and oxygen atoms in total. The molecule has 0 aliphatic rings. The second-order valence-corrected chi connectivity index (χ2v) is 3.09. The van der Waals surface area contributed by atoms with Crippen molar-refractivity contribution >= 4 is 18.4 Å². The molecule has 0 aromatic heterocycles. The summed E-state index contributed by atoms with van der Waals surface area (Å²) in [5, 5.41) is 0. The summed E-state index contributed by atoms with van der Waals surface area (Å²) >= 11 is 0. The zero-order valence-electron chi connectivity index (χ0n) is 5.06. The van der Waals surface area contributed by atoms with Crippen molar-refractivity contribution in [1.29, 1.82) is 0 Å². The van der Waals surface area contributed by atoms with Gasteiger partial charge in [0.25, 0.3) is 0 Å². The molecule has 0 aliphatic carbocycles. The molecule has 0 aliphatic heterocycles.